The summed E-state index contributed by atoms with van der Waals surface area (Å²) >= 11 is 0. The Labute approximate surface area is 121 Å². The van der Waals surface area contributed by atoms with E-state index < -0.39 is 40.7 Å². The molecule has 0 amide bonds. The zero-order valence-corrected chi connectivity index (χ0v) is 11.2. The molecule has 7 heteroatoms. The predicted octanol–water partition coefficient (Wildman–Crippen LogP) is 4.81. The van der Waals surface area contributed by atoms with Crippen LogP contribution in [0.15, 0.2) is 30.3 Å². The zero-order chi connectivity index (χ0) is 16.7. The molecule has 2 aromatic carbocycles. The Morgan fingerprint density at radius 1 is 0.955 bits per heavy atom. The van der Waals surface area contributed by atoms with Gasteiger partial charge in [0.05, 0.1) is 0 Å². The Balaban J connectivity index is 2.69. The van der Waals surface area contributed by atoms with Crippen LogP contribution in [0.4, 0.5) is 26.3 Å². The summed E-state index contributed by atoms with van der Waals surface area (Å²) in [5.41, 5.74) is -1.61. The van der Waals surface area contributed by atoms with Gasteiger partial charge in [-0.1, -0.05) is 12.1 Å². The number of hydrogen-bond donors (Lipinski definition) is 1. The molecule has 0 saturated carbocycles. The average molecular weight is 320 g/mol. The summed E-state index contributed by atoms with van der Waals surface area (Å²) in [6, 6.07) is 3.30. The zero-order valence-electron chi connectivity index (χ0n) is 11.2. The van der Waals surface area contributed by atoms with Gasteiger partial charge in [0.1, 0.15) is 29.1 Å². The van der Waals surface area contributed by atoms with Gasteiger partial charge in [0.2, 0.25) is 0 Å². The lowest BCUT2D eigenvalue weighted by molar-refractivity contribution is -0.142. The summed E-state index contributed by atoms with van der Waals surface area (Å²) in [4.78, 5) is 0. The third kappa shape index (κ3) is 3.03. The van der Waals surface area contributed by atoms with E-state index in [1.165, 1.54) is 6.92 Å². The SMILES string of the molecule is Cc1cc(C(c2c(F)cc(F)cc2F)C(F)(F)F)ccc1O. The molecule has 0 aromatic heterocycles. The van der Waals surface area contributed by atoms with Crippen LogP contribution in [-0.2, 0) is 0 Å². The van der Waals surface area contributed by atoms with Crippen LogP contribution < -0.4 is 0 Å². The van der Waals surface area contributed by atoms with Crippen LogP contribution in [0.25, 0.3) is 0 Å². The molecule has 1 nitrogen and oxygen atoms in total. The number of hydrogen-bond acceptors (Lipinski definition) is 1. The maximum atomic E-state index is 13.7. The minimum atomic E-state index is -5.00. The summed E-state index contributed by atoms with van der Waals surface area (Å²) in [7, 11) is 0. The lowest BCUT2D eigenvalue weighted by Crippen LogP contribution is -2.24. The normalized spacial score (nSPS) is 13.2. The molecule has 1 unspecified atom stereocenters. The minimum absolute atomic E-state index is 0.120. The smallest absolute Gasteiger partial charge is 0.399 e. The maximum absolute atomic E-state index is 13.7. The van der Waals surface area contributed by atoms with Gasteiger partial charge in [0, 0.05) is 17.7 Å². The molecular weight excluding hydrogens is 310 g/mol. The van der Waals surface area contributed by atoms with Gasteiger partial charge in [-0.15, -0.1) is 0 Å². The fourth-order valence-electron chi connectivity index (χ4n) is 2.21. The molecule has 1 atom stereocenters. The van der Waals surface area contributed by atoms with E-state index >= 15 is 0 Å². The van der Waals surface area contributed by atoms with E-state index in [2.05, 4.69) is 0 Å². The van der Waals surface area contributed by atoms with E-state index in [0.717, 1.165) is 18.2 Å². The molecule has 0 saturated heterocycles. The van der Waals surface area contributed by atoms with Crippen molar-refractivity contribution in [1.29, 1.82) is 0 Å². The first-order valence-corrected chi connectivity index (χ1v) is 6.12. The van der Waals surface area contributed by atoms with Crippen molar-refractivity contribution in [2.75, 3.05) is 0 Å². The first-order chi connectivity index (χ1) is 10.1. The number of phenols is 1. The number of aromatic hydroxyl groups is 1. The summed E-state index contributed by atoms with van der Waals surface area (Å²) in [6.45, 7) is 1.35. The largest absolute Gasteiger partial charge is 0.508 e. The van der Waals surface area contributed by atoms with Crippen LogP contribution in [0.5, 0.6) is 5.75 Å². The lowest BCUT2D eigenvalue weighted by Gasteiger charge is -2.23. The van der Waals surface area contributed by atoms with Crippen molar-refractivity contribution < 1.29 is 31.4 Å². The van der Waals surface area contributed by atoms with Crippen LogP contribution in [0, 0.1) is 24.4 Å². The van der Waals surface area contributed by atoms with E-state index in [1.807, 2.05) is 0 Å². The van der Waals surface area contributed by atoms with Crippen molar-refractivity contribution in [2.45, 2.75) is 19.0 Å². The molecule has 0 aliphatic heterocycles. The van der Waals surface area contributed by atoms with Crippen LogP contribution in [0.3, 0.4) is 0 Å². The van der Waals surface area contributed by atoms with Crippen molar-refractivity contribution in [2.24, 2.45) is 0 Å². The monoisotopic (exact) mass is 320 g/mol. The van der Waals surface area contributed by atoms with Crippen molar-refractivity contribution in [3.63, 3.8) is 0 Å². The van der Waals surface area contributed by atoms with Crippen molar-refractivity contribution in [3.05, 3.63) is 64.5 Å². The third-order valence-corrected chi connectivity index (χ3v) is 3.21. The van der Waals surface area contributed by atoms with E-state index in [1.54, 1.807) is 0 Å². The fourth-order valence-corrected chi connectivity index (χ4v) is 2.21. The Hall–Kier alpha value is -2.18. The molecule has 0 aliphatic rings. The molecule has 0 fully saturated rings. The molecule has 22 heavy (non-hydrogen) atoms. The van der Waals surface area contributed by atoms with Gasteiger partial charge in [-0.25, -0.2) is 13.2 Å². The van der Waals surface area contributed by atoms with Gasteiger partial charge in [0.25, 0.3) is 0 Å². The summed E-state index contributed by atoms with van der Waals surface area (Å²) in [5, 5.41) is 9.37. The van der Waals surface area contributed by atoms with Gasteiger partial charge < -0.3 is 5.11 Å². The second kappa shape index (κ2) is 5.55. The predicted molar refractivity (Wildman–Crippen MR) is 67.1 cm³/mol. The summed E-state index contributed by atoms with van der Waals surface area (Å²) in [5.74, 6) is -7.39. The van der Waals surface area contributed by atoms with E-state index in [-0.39, 0.29) is 23.4 Å². The first kappa shape index (κ1) is 16.2. The summed E-state index contributed by atoms with van der Waals surface area (Å²) in [6.07, 6.45) is -5.00. The van der Waals surface area contributed by atoms with Crippen molar-refractivity contribution >= 4 is 0 Å². The molecule has 0 radical (unpaired) electrons. The molecule has 0 heterocycles. The maximum Gasteiger partial charge on any atom is 0.399 e. The Morgan fingerprint density at radius 2 is 1.50 bits per heavy atom. The highest BCUT2D eigenvalue weighted by Gasteiger charge is 2.45. The number of aryl methyl sites for hydroxylation is 1. The molecule has 1 N–H and O–H groups in total. The number of benzene rings is 2. The second-order valence-corrected chi connectivity index (χ2v) is 4.80. The van der Waals surface area contributed by atoms with Crippen LogP contribution in [-0.4, -0.2) is 11.3 Å². The summed E-state index contributed by atoms with van der Waals surface area (Å²) < 4.78 is 80.2. The van der Waals surface area contributed by atoms with Gasteiger partial charge in [0.15, 0.2) is 0 Å². The number of rotatable bonds is 2. The molecule has 0 spiro atoms. The molecule has 2 rings (SSSR count). The molecular formula is C15H10F6O. The van der Waals surface area contributed by atoms with Crippen molar-refractivity contribution in [1.82, 2.24) is 0 Å². The van der Waals surface area contributed by atoms with Crippen molar-refractivity contribution in [3.8, 4) is 5.75 Å². The molecule has 0 aliphatic carbocycles. The highest BCUT2D eigenvalue weighted by molar-refractivity contribution is 5.42. The van der Waals surface area contributed by atoms with Gasteiger partial charge in [-0.3, -0.25) is 0 Å². The highest BCUT2D eigenvalue weighted by Crippen LogP contribution is 2.43. The fraction of sp³-hybridized carbons (Fsp3) is 0.200. The first-order valence-electron chi connectivity index (χ1n) is 6.12. The van der Waals surface area contributed by atoms with E-state index in [4.69, 9.17) is 0 Å². The Morgan fingerprint density at radius 3 is 1.95 bits per heavy atom. The highest BCUT2D eigenvalue weighted by atomic mass is 19.4. The number of phenolic OH excluding ortho intramolecular Hbond substituents is 1. The average Bonchev–Trinajstić information content (AvgIpc) is 2.35. The second-order valence-electron chi connectivity index (χ2n) is 4.80. The van der Waals surface area contributed by atoms with Crippen LogP contribution in [0.1, 0.15) is 22.6 Å². The lowest BCUT2D eigenvalue weighted by atomic mass is 9.89. The third-order valence-electron chi connectivity index (χ3n) is 3.21. The number of alkyl halides is 3. The van der Waals surface area contributed by atoms with E-state index in [0.29, 0.717) is 0 Å². The topological polar surface area (TPSA) is 20.2 Å². The molecule has 2 aromatic rings. The standard InChI is InChI=1S/C15H10F6O/c1-7-4-8(2-3-12(7)22)14(15(19,20)21)13-10(17)5-9(16)6-11(13)18/h2-6,14,22H,1H3. The van der Waals surface area contributed by atoms with Gasteiger partial charge >= 0.3 is 6.18 Å². The molecule has 118 valence electrons. The van der Waals surface area contributed by atoms with Gasteiger partial charge in [-0.05, 0) is 24.1 Å². The Bertz CT molecular complexity index is 685. The number of halogens is 6. The van der Waals surface area contributed by atoms with Crippen LogP contribution >= 0.6 is 0 Å². The van der Waals surface area contributed by atoms with Gasteiger partial charge in [-0.2, -0.15) is 13.2 Å². The molecule has 0 bridgehead atoms. The minimum Gasteiger partial charge on any atom is -0.508 e. The quantitative estimate of drug-likeness (QED) is 0.787. The van der Waals surface area contributed by atoms with Crippen LogP contribution in [0.2, 0.25) is 0 Å². The van der Waals surface area contributed by atoms with E-state index in [9.17, 15) is 31.4 Å². The Kier molecular flexibility index (Phi) is 4.08.